The Labute approximate surface area is 165 Å². The van der Waals surface area contributed by atoms with Crippen LogP contribution in [0.3, 0.4) is 0 Å². The highest BCUT2D eigenvalue weighted by atomic mass is 16.5. The van der Waals surface area contributed by atoms with Crippen LogP contribution in [0.25, 0.3) is 0 Å². The number of nitrogens with zero attached hydrogens (tertiary/aromatic N) is 1. The van der Waals surface area contributed by atoms with Gasteiger partial charge in [0, 0.05) is 24.5 Å². The Morgan fingerprint density at radius 1 is 0.929 bits per heavy atom. The minimum absolute atomic E-state index is 0.00476. The summed E-state index contributed by atoms with van der Waals surface area (Å²) in [5, 5.41) is 2.86. The van der Waals surface area contributed by atoms with Crippen LogP contribution in [0.1, 0.15) is 22.3 Å². The highest BCUT2D eigenvalue weighted by Gasteiger charge is 2.04. The lowest BCUT2D eigenvalue weighted by molar-refractivity contribution is -0.123. The number of benzene rings is 2. The molecule has 144 valence electrons. The summed E-state index contributed by atoms with van der Waals surface area (Å²) in [6.07, 6.45) is 3.52. The minimum Gasteiger partial charge on any atom is -0.489 e. The fourth-order valence-electron chi connectivity index (χ4n) is 2.77. The lowest BCUT2D eigenvalue weighted by atomic mass is 10.1. The third kappa shape index (κ3) is 6.13. The van der Waals surface area contributed by atoms with E-state index in [0.29, 0.717) is 18.9 Å². The lowest BCUT2D eigenvalue weighted by Crippen LogP contribution is -2.28. The average molecular weight is 376 g/mol. The van der Waals surface area contributed by atoms with Gasteiger partial charge in [-0.3, -0.25) is 9.78 Å². The van der Waals surface area contributed by atoms with Crippen molar-refractivity contribution in [1.82, 2.24) is 10.3 Å². The number of aromatic nitrogens is 1. The quantitative estimate of drug-likeness (QED) is 0.646. The fourth-order valence-corrected chi connectivity index (χ4v) is 2.77. The molecule has 0 aliphatic carbocycles. The maximum atomic E-state index is 12.0. The molecule has 0 aliphatic heterocycles. The van der Waals surface area contributed by atoms with Gasteiger partial charge in [0.05, 0.1) is 0 Å². The second-order valence-electron chi connectivity index (χ2n) is 6.68. The Kier molecular flexibility index (Phi) is 6.63. The first-order valence-electron chi connectivity index (χ1n) is 9.17. The zero-order valence-electron chi connectivity index (χ0n) is 16.1. The molecule has 0 unspecified atom stereocenters. The van der Waals surface area contributed by atoms with Gasteiger partial charge >= 0.3 is 0 Å². The van der Waals surface area contributed by atoms with E-state index < -0.39 is 0 Å². The number of rotatable bonds is 8. The second kappa shape index (κ2) is 9.55. The molecule has 5 heteroatoms. The summed E-state index contributed by atoms with van der Waals surface area (Å²) < 4.78 is 11.3. The van der Waals surface area contributed by atoms with Gasteiger partial charge in [-0.15, -0.1) is 0 Å². The number of hydrogen-bond acceptors (Lipinski definition) is 4. The average Bonchev–Trinajstić information content (AvgIpc) is 2.70. The molecular formula is C23H24N2O3. The Bertz CT molecular complexity index is 889. The molecule has 0 fully saturated rings. The first-order chi connectivity index (χ1) is 13.6. The summed E-state index contributed by atoms with van der Waals surface area (Å²) in [5.74, 6) is 1.33. The van der Waals surface area contributed by atoms with Crippen molar-refractivity contribution in [3.8, 4) is 11.5 Å². The van der Waals surface area contributed by atoms with Gasteiger partial charge in [0.15, 0.2) is 6.61 Å². The molecule has 1 heterocycles. The number of pyridine rings is 1. The predicted octanol–water partition coefficient (Wildman–Crippen LogP) is 3.97. The van der Waals surface area contributed by atoms with Gasteiger partial charge in [0.2, 0.25) is 0 Å². The number of ether oxygens (including phenoxy) is 2. The van der Waals surface area contributed by atoms with E-state index >= 15 is 0 Å². The summed E-state index contributed by atoms with van der Waals surface area (Å²) >= 11 is 0. The van der Waals surface area contributed by atoms with E-state index in [2.05, 4.69) is 16.4 Å². The van der Waals surface area contributed by atoms with Crippen LogP contribution in [0.2, 0.25) is 0 Å². The number of carbonyl (C=O) groups excluding carboxylic acids is 1. The molecule has 2 aromatic carbocycles. The monoisotopic (exact) mass is 376 g/mol. The second-order valence-corrected chi connectivity index (χ2v) is 6.68. The van der Waals surface area contributed by atoms with Crippen LogP contribution in [0.4, 0.5) is 0 Å². The third-order valence-electron chi connectivity index (χ3n) is 4.11. The summed E-state index contributed by atoms with van der Waals surface area (Å²) in [4.78, 5) is 16.1. The van der Waals surface area contributed by atoms with Gasteiger partial charge in [-0.2, -0.15) is 0 Å². The molecule has 0 spiro atoms. The number of amides is 1. The molecule has 3 aromatic rings. The van der Waals surface area contributed by atoms with E-state index in [0.717, 1.165) is 28.0 Å². The first kappa shape index (κ1) is 19.4. The normalized spacial score (nSPS) is 10.4. The first-order valence-corrected chi connectivity index (χ1v) is 9.17. The standard InChI is InChI=1S/C23H24N2O3/c1-17-10-18(2)12-22(11-17)28-16-23(26)25-14-19-5-7-21(8-6-19)27-15-20-4-3-9-24-13-20/h3-13H,14-16H2,1-2H3,(H,25,26). The lowest BCUT2D eigenvalue weighted by Gasteiger charge is -2.10. The highest BCUT2D eigenvalue weighted by molar-refractivity contribution is 5.77. The molecule has 0 radical (unpaired) electrons. The van der Waals surface area contributed by atoms with E-state index in [-0.39, 0.29) is 12.5 Å². The van der Waals surface area contributed by atoms with Crippen LogP contribution < -0.4 is 14.8 Å². The van der Waals surface area contributed by atoms with Crippen LogP contribution >= 0.6 is 0 Å². The SMILES string of the molecule is Cc1cc(C)cc(OCC(=O)NCc2ccc(OCc3cccnc3)cc2)c1. The minimum atomic E-state index is -0.156. The molecule has 0 aliphatic rings. The largest absolute Gasteiger partial charge is 0.489 e. The van der Waals surface area contributed by atoms with Crippen LogP contribution in [0.15, 0.2) is 67.0 Å². The molecule has 28 heavy (non-hydrogen) atoms. The zero-order chi connectivity index (χ0) is 19.8. The summed E-state index contributed by atoms with van der Waals surface area (Å²) in [6.45, 7) is 4.92. The number of nitrogens with one attached hydrogen (secondary N) is 1. The van der Waals surface area contributed by atoms with Gasteiger partial charge in [0.1, 0.15) is 18.1 Å². The summed E-state index contributed by atoms with van der Waals surface area (Å²) in [6, 6.07) is 17.4. The zero-order valence-corrected chi connectivity index (χ0v) is 16.1. The van der Waals surface area contributed by atoms with Gasteiger partial charge in [0.25, 0.3) is 5.91 Å². The number of carbonyl (C=O) groups is 1. The van der Waals surface area contributed by atoms with Crippen molar-refractivity contribution in [2.75, 3.05) is 6.61 Å². The Morgan fingerprint density at radius 2 is 1.68 bits per heavy atom. The summed E-state index contributed by atoms with van der Waals surface area (Å²) in [5.41, 5.74) is 4.23. The van der Waals surface area contributed by atoms with E-state index in [1.165, 1.54) is 0 Å². The van der Waals surface area contributed by atoms with Crippen LogP contribution in [-0.4, -0.2) is 17.5 Å². The molecular weight excluding hydrogens is 352 g/mol. The molecule has 0 bridgehead atoms. The molecule has 0 atom stereocenters. The Hall–Kier alpha value is -3.34. The maximum Gasteiger partial charge on any atom is 0.258 e. The van der Waals surface area contributed by atoms with Crippen molar-refractivity contribution in [2.45, 2.75) is 27.0 Å². The molecule has 0 saturated heterocycles. The smallest absolute Gasteiger partial charge is 0.258 e. The Morgan fingerprint density at radius 3 is 2.36 bits per heavy atom. The molecule has 3 rings (SSSR count). The highest BCUT2D eigenvalue weighted by Crippen LogP contribution is 2.16. The van der Waals surface area contributed by atoms with E-state index in [9.17, 15) is 4.79 Å². The molecule has 0 saturated carbocycles. The van der Waals surface area contributed by atoms with Crippen molar-refractivity contribution in [1.29, 1.82) is 0 Å². The molecule has 1 N–H and O–H groups in total. The predicted molar refractivity (Wildman–Crippen MR) is 108 cm³/mol. The summed E-state index contributed by atoms with van der Waals surface area (Å²) in [7, 11) is 0. The van der Waals surface area contributed by atoms with Gasteiger partial charge in [-0.25, -0.2) is 0 Å². The maximum absolute atomic E-state index is 12.0. The van der Waals surface area contributed by atoms with Crippen molar-refractivity contribution < 1.29 is 14.3 Å². The van der Waals surface area contributed by atoms with Gasteiger partial charge < -0.3 is 14.8 Å². The Balaban J connectivity index is 1.42. The van der Waals surface area contributed by atoms with E-state index in [1.807, 2.05) is 62.4 Å². The van der Waals surface area contributed by atoms with Crippen molar-refractivity contribution in [3.63, 3.8) is 0 Å². The van der Waals surface area contributed by atoms with Crippen LogP contribution in [0, 0.1) is 13.8 Å². The molecule has 1 aromatic heterocycles. The van der Waals surface area contributed by atoms with Gasteiger partial charge in [-0.1, -0.05) is 24.3 Å². The fraction of sp³-hybridized carbons (Fsp3) is 0.217. The van der Waals surface area contributed by atoms with E-state index in [4.69, 9.17) is 9.47 Å². The molecule has 5 nitrogen and oxygen atoms in total. The van der Waals surface area contributed by atoms with Crippen LogP contribution in [-0.2, 0) is 17.9 Å². The third-order valence-corrected chi connectivity index (χ3v) is 4.11. The van der Waals surface area contributed by atoms with Crippen molar-refractivity contribution in [3.05, 3.63) is 89.2 Å². The van der Waals surface area contributed by atoms with Crippen molar-refractivity contribution >= 4 is 5.91 Å². The van der Waals surface area contributed by atoms with Crippen molar-refractivity contribution in [2.24, 2.45) is 0 Å². The van der Waals surface area contributed by atoms with Crippen LogP contribution in [0.5, 0.6) is 11.5 Å². The number of aryl methyl sites for hydroxylation is 2. The molecule has 1 amide bonds. The number of hydrogen-bond donors (Lipinski definition) is 1. The topological polar surface area (TPSA) is 60.5 Å². The van der Waals surface area contributed by atoms with Gasteiger partial charge in [-0.05, 0) is 60.9 Å². The van der Waals surface area contributed by atoms with E-state index in [1.54, 1.807) is 12.4 Å².